The number of H-pyrrole nitrogens is 2. The van der Waals surface area contributed by atoms with Crippen LogP contribution in [0.2, 0.25) is 5.02 Å². The number of fused-ring (bicyclic) bond motifs is 1. The van der Waals surface area contributed by atoms with Gasteiger partial charge < -0.3 is 9.55 Å². The predicted octanol–water partition coefficient (Wildman–Crippen LogP) is 3.02. The molecule has 0 bridgehead atoms. The second-order valence-corrected chi connectivity index (χ2v) is 5.97. The van der Waals surface area contributed by atoms with E-state index in [1.165, 1.54) is 0 Å². The number of rotatable bonds is 4. The number of aromatic nitrogens is 3. The molecule has 3 aromatic rings. The molecule has 0 amide bonds. The third kappa shape index (κ3) is 2.85. The lowest BCUT2D eigenvalue weighted by molar-refractivity contribution is 0.769. The number of nitrogens with one attached hydrogen (secondary N) is 3. The van der Waals surface area contributed by atoms with Crippen LogP contribution in [0.1, 0.15) is 11.1 Å². The van der Waals surface area contributed by atoms with Gasteiger partial charge in [-0.2, -0.15) is 0 Å². The molecule has 8 heteroatoms. The molecule has 0 atom stereocenters. The molecule has 3 N–H and O–H groups in total. The molecular weight excluding hydrogens is 340 g/mol. The molecule has 3 rings (SSSR count). The van der Waals surface area contributed by atoms with Crippen molar-refractivity contribution in [3.63, 3.8) is 0 Å². The summed E-state index contributed by atoms with van der Waals surface area (Å²) in [6.45, 7) is 1.11. The molecule has 2 aromatic heterocycles. The normalized spacial score (nSPS) is 11.2. The number of hydrogen-bond donors (Lipinski definition) is 4. The van der Waals surface area contributed by atoms with Crippen LogP contribution in [0, 0.1) is 4.77 Å². The van der Waals surface area contributed by atoms with E-state index in [4.69, 9.17) is 23.8 Å². The van der Waals surface area contributed by atoms with Gasteiger partial charge >= 0.3 is 0 Å². The minimum absolute atomic E-state index is 0.213. The summed E-state index contributed by atoms with van der Waals surface area (Å²) in [4.78, 5) is 17.5. The van der Waals surface area contributed by atoms with Crippen molar-refractivity contribution in [2.45, 2.75) is 13.1 Å². The lowest BCUT2D eigenvalue weighted by Crippen LogP contribution is -2.15. The molecule has 0 aliphatic heterocycles. The minimum Gasteiger partial charge on any atom is -0.355 e. The third-order valence-electron chi connectivity index (χ3n) is 3.47. The van der Waals surface area contributed by atoms with Gasteiger partial charge in [0.25, 0.3) is 5.56 Å². The van der Waals surface area contributed by atoms with Crippen molar-refractivity contribution in [1.29, 1.82) is 0 Å². The summed E-state index contributed by atoms with van der Waals surface area (Å²) >= 11 is 15.4. The third-order valence-corrected chi connectivity index (χ3v) is 4.19. The van der Waals surface area contributed by atoms with E-state index in [2.05, 4.69) is 27.5 Å². The Bertz CT molecular complexity index is 944. The molecule has 0 aliphatic carbocycles. The van der Waals surface area contributed by atoms with Crippen molar-refractivity contribution < 1.29 is 0 Å². The number of halogens is 1. The number of benzene rings is 1. The maximum Gasteiger partial charge on any atom is 0.276 e. The van der Waals surface area contributed by atoms with Crippen molar-refractivity contribution in [2.24, 2.45) is 0 Å². The molecule has 0 radical (unpaired) electrons. The second-order valence-electron chi connectivity index (χ2n) is 4.83. The van der Waals surface area contributed by atoms with Gasteiger partial charge in [0.15, 0.2) is 4.77 Å². The average Bonchev–Trinajstić information content (AvgIpc) is 2.95. The van der Waals surface area contributed by atoms with E-state index >= 15 is 0 Å². The van der Waals surface area contributed by atoms with E-state index in [1.807, 2.05) is 28.8 Å². The Hall–Kier alpha value is -1.54. The zero-order valence-electron chi connectivity index (χ0n) is 11.4. The highest BCUT2D eigenvalue weighted by Gasteiger charge is 2.09. The zero-order valence-corrected chi connectivity index (χ0v) is 13.9. The van der Waals surface area contributed by atoms with Crippen LogP contribution >= 0.6 is 36.6 Å². The Labute approximate surface area is 141 Å². The Morgan fingerprint density at radius 2 is 2.14 bits per heavy atom. The predicted molar refractivity (Wildman–Crippen MR) is 94.1 cm³/mol. The Morgan fingerprint density at radius 1 is 1.32 bits per heavy atom. The summed E-state index contributed by atoms with van der Waals surface area (Å²) in [5.41, 5.74) is 3.15. The first kappa shape index (κ1) is 15.4. The van der Waals surface area contributed by atoms with E-state index in [0.717, 1.165) is 16.6 Å². The number of nitrogens with zero attached hydrogens (tertiary/aromatic N) is 1. The second kappa shape index (κ2) is 6.29. The number of hydrogen-bond acceptors (Lipinski definition) is 4. The molecule has 5 nitrogen and oxygen atoms in total. The fourth-order valence-corrected chi connectivity index (χ4v) is 3.05. The topological polar surface area (TPSA) is 65.6 Å². The van der Waals surface area contributed by atoms with Crippen LogP contribution in [-0.4, -0.2) is 14.5 Å². The van der Waals surface area contributed by atoms with Gasteiger partial charge in [0.05, 0.1) is 12.1 Å². The van der Waals surface area contributed by atoms with Crippen molar-refractivity contribution in [3.8, 4) is 0 Å². The molecule has 0 aliphatic rings. The van der Waals surface area contributed by atoms with Crippen LogP contribution in [-0.2, 0) is 13.1 Å². The zero-order chi connectivity index (χ0) is 15.7. The Morgan fingerprint density at radius 3 is 2.91 bits per heavy atom. The van der Waals surface area contributed by atoms with Gasteiger partial charge in [-0.15, -0.1) is 0 Å². The average molecular weight is 353 g/mol. The highest BCUT2D eigenvalue weighted by Crippen LogP contribution is 2.19. The van der Waals surface area contributed by atoms with E-state index in [1.54, 1.807) is 6.20 Å². The first-order valence-corrected chi connectivity index (χ1v) is 7.78. The summed E-state index contributed by atoms with van der Waals surface area (Å²) in [6.07, 6.45) is 1.73. The summed E-state index contributed by atoms with van der Waals surface area (Å²) in [5, 5.41) is 0.666. The number of aromatic amines is 2. The van der Waals surface area contributed by atoms with Gasteiger partial charge in [-0.25, -0.2) is 0 Å². The van der Waals surface area contributed by atoms with E-state index in [-0.39, 0.29) is 5.56 Å². The highest BCUT2D eigenvalue weighted by molar-refractivity contribution is 7.78. The molecule has 0 saturated heterocycles. The quantitative estimate of drug-likeness (QED) is 0.431. The first-order chi connectivity index (χ1) is 10.6. The fourth-order valence-electron chi connectivity index (χ4n) is 2.43. The maximum absolute atomic E-state index is 11.9. The Kier molecular flexibility index (Phi) is 4.39. The summed E-state index contributed by atoms with van der Waals surface area (Å²) in [5.74, 6) is 0. The van der Waals surface area contributed by atoms with Crippen LogP contribution in [0.5, 0.6) is 0 Å². The molecular formula is C14H13ClN4OS2. The molecule has 22 heavy (non-hydrogen) atoms. The van der Waals surface area contributed by atoms with Gasteiger partial charge in [-0.3, -0.25) is 14.5 Å². The summed E-state index contributed by atoms with van der Waals surface area (Å²) in [6, 6.07) is 7.52. The molecule has 2 heterocycles. The molecule has 0 saturated carbocycles. The van der Waals surface area contributed by atoms with Crippen LogP contribution in [0.3, 0.4) is 0 Å². The molecule has 114 valence electrons. The van der Waals surface area contributed by atoms with Gasteiger partial charge in [0.2, 0.25) is 0 Å². The fraction of sp³-hybridized carbons (Fsp3) is 0.143. The van der Waals surface area contributed by atoms with Crippen molar-refractivity contribution in [3.05, 3.63) is 61.7 Å². The SMILES string of the molecule is O=c1[nH]c(=S)n(Cc2ccc(Cl)cc2CNS)c2cc[nH]c12. The van der Waals surface area contributed by atoms with Crippen molar-refractivity contribution >= 4 is 47.7 Å². The first-order valence-electron chi connectivity index (χ1n) is 6.54. The molecule has 1 aromatic carbocycles. The Balaban J connectivity index is 2.13. The van der Waals surface area contributed by atoms with E-state index in [9.17, 15) is 4.79 Å². The van der Waals surface area contributed by atoms with Gasteiger partial charge in [-0.1, -0.05) is 30.5 Å². The lowest BCUT2D eigenvalue weighted by atomic mass is 10.1. The monoisotopic (exact) mass is 352 g/mol. The largest absolute Gasteiger partial charge is 0.355 e. The van der Waals surface area contributed by atoms with Gasteiger partial charge in [0, 0.05) is 17.8 Å². The minimum atomic E-state index is -0.213. The summed E-state index contributed by atoms with van der Waals surface area (Å²) < 4.78 is 5.10. The molecule has 0 unspecified atom stereocenters. The van der Waals surface area contributed by atoms with E-state index < -0.39 is 0 Å². The van der Waals surface area contributed by atoms with E-state index in [0.29, 0.717) is 28.4 Å². The maximum atomic E-state index is 11.9. The van der Waals surface area contributed by atoms with Crippen LogP contribution in [0.25, 0.3) is 11.0 Å². The number of thiol groups is 1. The van der Waals surface area contributed by atoms with Crippen LogP contribution < -0.4 is 10.3 Å². The smallest absolute Gasteiger partial charge is 0.276 e. The molecule has 0 spiro atoms. The lowest BCUT2D eigenvalue weighted by Gasteiger charge is -2.13. The summed E-state index contributed by atoms with van der Waals surface area (Å²) in [7, 11) is 0. The van der Waals surface area contributed by atoms with Crippen molar-refractivity contribution in [2.75, 3.05) is 0 Å². The standard InChI is InChI=1S/C14H13ClN4OS2/c15-10-2-1-8(9(5-10)6-17-22)7-19-11-3-4-16-12(11)13(20)18-14(19)21/h1-5,16-17,22H,6-7H2,(H,18,20,21). The van der Waals surface area contributed by atoms with Gasteiger partial charge in [0.1, 0.15) is 5.52 Å². The van der Waals surface area contributed by atoms with Crippen molar-refractivity contribution in [1.82, 2.24) is 19.3 Å². The van der Waals surface area contributed by atoms with Gasteiger partial charge in [-0.05, 0) is 41.5 Å². The highest BCUT2D eigenvalue weighted by atomic mass is 35.5. The van der Waals surface area contributed by atoms with Crippen LogP contribution in [0.15, 0.2) is 35.3 Å². The van der Waals surface area contributed by atoms with Crippen LogP contribution in [0.4, 0.5) is 0 Å². The molecule has 0 fully saturated rings.